The van der Waals surface area contributed by atoms with Crippen LogP contribution < -0.4 is 0 Å². The summed E-state index contributed by atoms with van der Waals surface area (Å²) in [5.41, 5.74) is -3.84. The Morgan fingerprint density at radius 1 is 1.33 bits per heavy atom. The minimum atomic E-state index is -1.20. The summed E-state index contributed by atoms with van der Waals surface area (Å²) in [6.45, 7) is 5.51. The van der Waals surface area contributed by atoms with Crippen molar-refractivity contribution in [3.8, 4) is 0 Å². The van der Waals surface area contributed by atoms with Gasteiger partial charge in [-0.1, -0.05) is 6.92 Å². The first-order valence-corrected chi connectivity index (χ1v) is 10.5. The van der Waals surface area contributed by atoms with E-state index in [4.69, 9.17) is 23.4 Å². The lowest BCUT2D eigenvalue weighted by molar-refractivity contribution is -0.421. The van der Waals surface area contributed by atoms with Gasteiger partial charge in [0.1, 0.15) is 6.61 Å². The lowest BCUT2D eigenvalue weighted by Gasteiger charge is -2.69. The van der Waals surface area contributed by atoms with Gasteiger partial charge in [-0.3, -0.25) is 9.59 Å². The largest absolute Gasteiger partial charge is 0.472 e. The molecule has 2 spiro atoms. The summed E-state index contributed by atoms with van der Waals surface area (Å²) < 4.78 is 30.2. The zero-order valence-electron chi connectivity index (χ0n) is 17.4. The van der Waals surface area contributed by atoms with E-state index in [-0.39, 0.29) is 31.8 Å². The van der Waals surface area contributed by atoms with Crippen LogP contribution in [0.2, 0.25) is 0 Å². The quantitative estimate of drug-likeness (QED) is 0.585. The van der Waals surface area contributed by atoms with Gasteiger partial charge in [-0.15, -0.1) is 0 Å². The lowest BCUT2D eigenvalue weighted by atomic mass is 9.40. The third kappa shape index (κ3) is 1.70. The molecule has 162 valence electrons. The average Bonchev–Trinajstić information content (AvgIpc) is 3.06. The number of Topliss-reactive ketones (excluding diaryl/α,β-unsaturated/α-hetero) is 1. The van der Waals surface area contributed by atoms with Crippen LogP contribution in [0.25, 0.3) is 0 Å². The molecule has 8 heteroatoms. The van der Waals surface area contributed by atoms with Crippen molar-refractivity contribution in [3.05, 3.63) is 24.2 Å². The second-order valence-electron chi connectivity index (χ2n) is 10.0. The zero-order valence-corrected chi connectivity index (χ0v) is 17.4. The van der Waals surface area contributed by atoms with E-state index in [0.29, 0.717) is 12.8 Å². The summed E-state index contributed by atoms with van der Waals surface area (Å²) in [6.07, 6.45) is 3.72. The Bertz CT molecular complexity index is 952. The summed E-state index contributed by atoms with van der Waals surface area (Å²) in [6, 6.07) is 1.83. The smallest absolute Gasteiger partial charge is 0.302 e. The SMILES string of the molecule is CC(=O)OCC12C(O)CC3(C)OC4(c5ccoc5)CC3(C)C1(CCC(=O)C21CO1)O4. The van der Waals surface area contributed by atoms with E-state index in [2.05, 4.69) is 6.92 Å². The molecule has 3 saturated heterocycles. The molecule has 1 aromatic rings. The molecule has 0 aromatic carbocycles. The highest BCUT2D eigenvalue weighted by molar-refractivity contribution is 5.93. The summed E-state index contributed by atoms with van der Waals surface area (Å²) >= 11 is 0. The molecule has 2 saturated carbocycles. The molecule has 1 aromatic heterocycles. The van der Waals surface area contributed by atoms with E-state index in [1.165, 1.54) is 6.92 Å². The van der Waals surface area contributed by atoms with Crippen LogP contribution in [0.3, 0.4) is 0 Å². The van der Waals surface area contributed by atoms with Crippen molar-refractivity contribution in [2.45, 2.75) is 75.1 Å². The molecule has 2 aliphatic carbocycles. The number of aliphatic hydroxyl groups is 1. The fraction of sp³-hybridized carbons (Fsp3) is 0.727. The van der Waals surface area contributed by atoms with Gasteiger partial charge in [-0.2, -0.15) is 0 Å². The van der Waals surface area contributed by atoms with Crippen molar-refractivity contribution in [2.75, 3.05) is 13.2 Å². The topological polar surface area (TPSA) is 108 Å². The van der Waals surface area contributed by atoms with E-state index in [0.717, 1.165) is 5.56 Å². The van der Waals surface area contributed by atoms with Crippen LogP contribution in [-0.4, -0.2) is 53.0 Å². The standard InChI is InChI=1S/C22H26O8/c1-13(23)27-11-19-16(25)8-18(3)17(2)10-21(29-18,14-5-7-26-9-14)30-22(17,19)6-4-15(24)20(19)12-28-20/h5,7,9,16,25H,4,6,8,10-12H2,1-3H3. The molecule has 0 radical (unpaired) electrons. The minimum absolute atomic E-state index is 0.0591. The Balaban J connectivity index is 1.60. The Hall–Kier alpha value is -1.74. The third-order valence-electron chi connectivity index (χ3n) is 9.02. The average molecular weight is 418 g/mol. The Kier molecular flexibility index (Phi) is 3.28. The van der Waals surface area contributed by atoms with Crippen LogP contribution in [0.15, 0.2) is 23.0 Å². The predicted octanol–water partition coefficient (Wildman–Crippen LogP) is 1.83. The minimum Gasteiger partial charge on any atom is -0.472 e. The molecule has 7 atom stereocenters. The normalized spacial score (nSPS) is 53.1. The van der Waals surface area contributed by atoms with Crippen molar-refractivity contribution >= 4 is 11.8 Å². The van der Waals surface area contributed by atoms with Crippen molar-refractivity contribution in [1.29, 1.82) is 0 Å². The third-order valence-corrected chi connectivity index (χ3v) is 9.02. The fourth-order valence-electron chi connectivity index (χ4n) is 7.47. The number of ketones is 1. The first-order valence-electron chi connectivity index (χ1n) is 10.5. The lowest BCUT2D eigenvalue weighted by Crippen LogP contribution is -2.82. The van der Waals surface area contributed by atoms with Crippen LogP contribution in [0.4, 0.5) is 0 Å². The van der Waals surface area contributed by atoms with Gasteiger partial charge in [0.15, 0.2) is 17.2 Å². The number of carbonyl (C=O) groups excluding carboxylic acids is 2. The zero-order chi connectivity index (χ0) is 21.2. The first-order chi connectivity index (χ1) is 14.1. The van der Waals surface area contributed by atoms with Gasteiger partial charge in [0, 0.05) is 37.2 Å². The van der Waals surface area contributed by atoms with Crippen molar-refractivity contribution in [1.82, 2.24) is 0 Å². The van der Waals surface area contributed by atoms with Crippen LogP contribution in [0, 0.1) is 10.8 Å². The molecule has 4 heterocycles. The monoisotopic (exact) mass is 418 g/mol. The molecule has 8 nitrogen and oxygen atoms in total. The van der Waals surface area contributed by atoms with Gasteiger partial charge in [-0.05, 0) is 19.4 Å². The van der Waals surface area contributed by atoms with E-state index in [9.17, 15) is 14.7 Å². The number of hydrogen-bond donors (Lipinski definition) is 1. The van der Waals surface area contributed by atoms with E-state index < -0.39 is 45.5 Å². The number of fused-ring (bicyclic) bond motifs is 2. The molecule has 5 aliphatic rings. The highest BCUT2D eigenvalue weighted by Crippen LogP contribution is 2.81. The van der Waals surface area contributed by atoms with Crippen LogP contribution >= 0.6 is 0 Å². The maximum absolute atomic E-state index is 13.1. The summed E-state index contributed by atoms with van der Waals surface area (Å²) in [5, 5.41) is 11.6. The number of aliphatic hydroxyl groups excluding tert-OH is 1. The molecule has 5 fully saturated rings. The molecule has 0 amide bonds. The van der Waals surface area contributed by atoms with Gasteiger partial charge in [-0.25, -0.2) is 0 Å². The second kappa shape index (κ2) is 5.18. The number of furan rings is 1. The summed E-state index contributed by atoms with van der Waals surface area (Å²) in [7, 11) is 0. The highest BCUT2D eigenvalue weighted by Gasteiger charge is 2.92. The molecule has 6 rings (SSSR count). The van der Waals surface area contributed by atoms with E-state index >= 15 is 0 Å². The summed E-state index contributed by atoms with van der Waals surface area (Å²) in [4.78, 5) is 24.9. The van der Waals surface area contributed by atoms with Crippen LogP contribution in [0.5, 0.6) is 0 Å². The first kappa shape index (κ1) is 19.0. The summed E-state index contributed by atoms with van der Waals surface area (Å²) in [5.74, 6) is -1.58. The van der Waals surface area contributed by atoms with Crippen molar-refractivity contribution in [3.63, 3.8) is 0 Å². The Morgan fingerprint density at radius 3 is 2.73 bits per heavy atom. The molecular formula is C22H26O8. The number of rotatable bonds is 3. The Labute approximate surface area is 173 Å². The molecule has 3 aliphatic heterocycles. The number of ether oxygens (including phenoxy) is 4. The molecule has 1 N–H and O–H groups in total. The molecule has 7 unspecified atom stereocenters. The van der Waals surface area contributed by atoms with E-state index in [1.807, 2.05) is 13.0 Å². The highest BCUT2D eigenvalue weighted by atomic mass is 16.7. The number of epoxide rings is 1. The maximum Gasteiger partial charge on any atom is 0.302 e. The van der Waals surface area contributed by atoms with Crippen molar-refractivity contribution in [2.24, 2.45) is 10.8 Å². The fourth-order valence-corrected chi connectivity index (χ4v) is 7.47. The van der Waals surface area contributed by atoms with E-state index in [1.54, 1.807) is 12.5 Å². The molecular weight excluding hydrogens is 392 g/mol. The van der Waals surface area contributed by atoms with Crippen LogP contribution in [-0.2, 0) is 34.3 Å². The van der Waals surface area contributed by atoms with Crippen LogP contribution in [0.1, 0.15) is 52.0 Å². The Morgan fingerprint density at radius 2 is 2.10 bits per heavy atom. The molecule has 2 bridgehead atoms. The number of carbonyl (C=O) groups is 2. The second-order valence-corrected chi connectivity index (χ2v) is 10.0. The van der Waals surface area contributed by atoms with Gasteiger partial charge in [0.25, 0.3) is 0 Å². The number of esters is 1. The van der Waals surface area contributed by atoms with Gasteiger partial charge in [0.2, 0.25) is 0 Å². The van der Waals surface area contributed by atoms with Gasteiger partial charge in [0.05, 0.1) is 41.9 Å². The molecule has 30 heavy (non-hydrogen) atoms. The number of hydrogen-bond acceptors (Lipinski definition) is 8. The predicted molar refractivity (Wildman–Crippen MR) is 99.0 cm³/mol. The van der Waals surface area contributed by atoms with Gasteiger partial charge >= 0.3 is 5.97 Å². The van der Waals surface area contributed by atoms with Gasteiger partial charge < -0.3 is 28.5 Å². The maximum atomic E-state index is 13.1. The van der Waals surface area contributed by atoms with Crippen molar-refractivity contribution < 1.29 is 38.1 Å².